The Morgan fingerprint density at radius 2 is 2.11 bits per heavy atom. The van der Waals surface area contributed by atoms with Gasteiger partial charge in [-0.3, -0.25) is 4.79 Å². The average molecular weight is 322 g/mol. The summed E-state index contributed by atoms with van der Waals surface area (Å²) in [6, 6.07) is 10.6. The molecule has 0 amide bonds. The highest BCUT2D eigenvalue weighted by atomic mass is 79.9. The molecule has 2 rings (SSSR count). The van der Waals surface area contributed by atoms with Crippen molar-refractivity contribution in [1.29, 1.82) is 0 Å². The molecule has 0 saturated heterocycles. The predicted molar refractivity (Wildman–Crippen MR) is 80.4 cm³/mol. The van der Waals surface area contributed by atoms with Crippen molar-refractivity contribution >= 4 is 21.7 Å². The number of hydrogen-bond donors (Lipinski definition) is 2. The fraction of sp³-hybridized carbons (Fsp3) is 0.286. The maximum Gasteiger partial charge on any atom is 0.267 e. The van der Waals surface area contributed by atoms with Crippen LogP contribution < -0.4 is 10.9 Å². The Balaban J connectivity index is 1.93. The molecule has 1 unspecified atom stereocenters. The van der Waals surface area contributed by atoms with Gasteiger partial charge in [-0.1, -0.05) is 30.3 Å². The summed E-state index contributed by atoms with van der Waals surface area (Å²) >= 11 is 3.24. The lowest BCUT2D eigenvalue weighted by atomic mass is 10.1. The van der Waals surface area contributed by atoms with Crippen molar-refractivity contribution in [2.24, 2.45) is 0 Å². The number of halogens is 1. The van der Waals surface area contributed by atoms with Crippen LogP contribution in [0.25, 0.3) is 0 Å². The normalized spacial score (nSPS) is 12.1. The first-order valence-corrected chi connectivity index (χ1v) is 7.00. The fourth-order valence-electron chi connectivity index (χ4n) is 1.82. The minimum atomic E-state index is -0.173. The highest BCUT2D eigenvalue weighted by Gasteiger charge is 2.08. The summed E-state index contributed by atoms with van der Waals surface area (Å²) in [7, 11) is 0. The van der Waals surface area contributed by atoms with E-state index in [-0.39, 0.29) is 11.6 Å². The quantitative estimate of drug-likeness (QED) is 0.890. The number of H-pyrrole nitrogens is 1. The molecule has 0 saturated carbocycles. The van der Waals surface area contributed by atoms with E-state index in [0.29, 0.717) is 10.3 Å². The van der Waals surface area contributed by atoms with Crippen molar-refractivity contribution in [3.05, 3.63) is 57.0 Å². The number of aryl methyl sites for hydroxylation is 1. The minimum Gasteiger partial charge on any atom is -0.366 e. The first-order chi connectivity index (χ1) is 9.16. The largest absolute Gasteiger partial charge is 0.366 e. The average Bonchev–Trinajstić information content (AvgIpc) is 2.43. The second-order valence-electron chi connectivity index (χ2n) is 4.46. The summed E-state index contributed by atoms with van der Waals surface area (Å²) in [5, 5.41) is 3.24. The third-order valence-electron chi connectivity index (χ3n) is 2.89. The maximum absolute atomic E-state index is 11.4. The lowest BCUT2D eigenvalue weighted by Crippen LogP contribution is -2.20. The zero-order valence-electron chi connectivity index (χ0n) is 10.7. The Hall–Kier alpha value is -1.62. The summed E-state index contributed by atoms with van der Waals surface area (Å²) in [6.45, 7) is 2.08. The van der Waals surface area contributed by atoms with E-state index >= 15 is 0 Å². The van der Waals surface area contributed by atoms with Crippen LogP contribution in [0.3, 0.4) is 0 Å². The smallest absolute Gasteiger partial charge is 0.267 e. The second kappa shape index (κ2) is 6.52. The Kier molecular flexibility index (Phi) is 4.74. The highest BCUT2D eigenvalue weighted by Crippen LogP contribution is 2.16. The number of nitrogens with one attached hydrogen (secondary N) is 2. The van der Waals surface area contributed by atoms with Crippen LogP contribution >= 0.6 is 15.9 Å². The molecule has 5 heteroatoms. The van der Waals surface area contributed by atoms with Gasteiger partial charge in [0, 0.05) is 6.04 Å². The topological polar surface area (TPSA) is 57.8 Å². The molecule has 2 aromatic rings. The van der Waals surface area contributed by atoms with E-state index in [1.165, 1.54) is 11.9 Å². The van der Waals surface area contributed by atoms with Crippen LogP contribution in [-0.4, -0.2) is 16.0 Å². The third-order valence-corrected chi connectivity index (χ3v) is 3.62. The first-order valence-electron chi connectivity index (χ1n) is 6.20. The number of anilines is 1. The summed E-state index contributed by atoms with van der Waals surface area (Å²) in [6.07, 6.45) is 3.38. The molecule has 4 nitrogen and oxygen atoms in total. The van der Waals surface area contributed by atoms with Crippen molar-refractivity contribution < 1.29 is 0 Å². The molecule has 1 heterocycles. The molecule has 19 heavy (non-hydrogen) atoms. The highest BCUT2D eigenvalue weighted by molar-refractivity contribution is 9.10. The standard InChI is InChI=1S/C14H16BrN3O/c1-10(7-8-11-5-3-2-4-6-11)18-13-12(15)14(19)17-9-16-13/h2-6,9-10H,7-8H2,1H3,(H2,16,17,18,19). The van der Waals surface area contributed by atoms with E-state index in [1.807, 2.05) is 18.2 Å². The SMILES string of the molecule is CC(CCc1ccccc1)Nc1nc[nH]c(=O)c1Br. The maximum atomic E-state index is 11.4. The number of nitrogens with zero attached hydrogens (tertiary/aromatic N) is 1. The lowest BCUT2D eigenvalue weighted by Gasteiger charge is -2.15. The Labute approximate surface area is 120 Å². The van der Waals surface area contributed by atoms with E-state index in [9.17, 15) is 4.79 Å². The molecule has 0 aliphatic rings. The third kappa shape index (κ3) is 3.92. The lowest BCUT2D eigenvalue weighted by molar-refractivity contribution is 0.701. The van der Waals surface area contributed by atoms with Crippen molar-refractivity contribution in [2.75, 3.05) is 5.32 Å². The summed E-state index contributed by atoms with van der Waals surface area (Å²) < 4.78 is 0.446. The van der Waals surface area contributed by atoms with Gasteiger partial charge in [-0.2, -0.15) is 0 Å². The zero-order valence-corrected chi connectivity index (χ0v) is 12.3. The summed E-state index contributed by atoms with van der Waals surface area (Å²) in [5.74, 6) is 0.587. The van der Waals surface area contributed by atoms with Crippen LogP contribution in [0.1, 0.15) is 18.9 Å². The number of hydrogen-bond acceptors (Lipinski definition) is 3. The number of aromatic amines is 1. The van der Waals surface area contributed by atoms with Gasteiger partial charge < -0.3 is 10.3 Å². The van der Waals surface area contributed by atoms with Crippen LogP contribution in [0.5, 0.6) is 0 Å². The van der Waals surface area contributed by atoms with Crippen LogP contribution in [0.15, 0.2) is 45.9 Å². The minimum absolute atomic E-state index is 0.173. The molecule has 0 aliphatic carbocycles. The molecule has 0 bridgehead atoms. The molecule has 0 aliphatic heterocycles. The van der Waals surface area contributed by atoms with E-state index in [0.717, 1.165) is 12.8 Å². The van der Waals surface area contributed by atoms with Crippen LogP contribution in [0, 0.1) is 0 Å². The van der Waals surface area contributed by atoms with Gasteiger partial charge in [0.15, 0.2) is 0 Å². The van der Waals surface area contributed by atoms with Gasteiger partial charge in [-0.25, -0.2) is 4.98 Å². The molecule has 1 aromatic heterocycles. The molecule has 0 radical (unpaired) electrons. The van der Waals surface area contributed by atoms with Gasteiger partial charge in [-0.15, -0.1) is 0 Å². The van der Waals surface area contributed by atoms with Crippen molar-refractivity contribution in [1.82, 2.24) is 9.97 Å². The van der Waals surface area contributed by atoms with E-state index in [2.05, 4.69) is 50.3 Å². The van der Waals surface area contributed by atoms with E-state index in [4.69, 9.17) is 0 Å². The summed E-state index contributed by atoms with van der Waals surface area (Å²) in [5.41, 5.74) is 1.14. The molecule has 100 valence electrons. The molecule has 0 spiro atoms. The number of benzene rings is 1. The van der Waals surface area contributed by atoms with Crippen LogP contribution in [0.4, 0.5) is 5.82 Å². The molecule has 0 fully saturated rings. The Morgan fingerprint density at radius 1 is 1.37 bits per heavy atom. The molecule has 1 aromatic carbocycles. The van der Waals surface area contributed by atoms with Gasteiger partial charge in [0.25, 0.3) is 5.56 Å². The molecule has 2 N–H and O–H groups in total. The van der Waals surface area contributed by atoms with E-state index in [1.54, 1.807) is 0 Å². The summed E-state index contributed by atoms with van der Waals surface area (Å²) in [4.78, 5) is 18.1. The van der Waals surface area contributed by atoms with Gasteiger partial charge in [0.05, 0.1) is 6.33 Å². The first kappa shape index (κ1) is 13.8. The van der Waals surface area contributed by atoms with Crippen LogP contribution in [0.2, 0.25) is 0 Å². The van der Waals surface area contributed by atoms with E-state index < -0.39 is 0 Å². The van der Waals surface area contributed by atoms with Crippen molar-refractivity contribution in [3.63, 3.8) is 0 Å². The molecular weight excluding hydrogens is 306 g/mol. The van der Waals surface area contributed by atoms with Crippen molar-refractivity contribution in [2.45, 2.75) is 25.8 Å². The zero-order chi connectivity index (χ0) is 13.7. The Bertz CT molecular complexity index is 583. The second-order valence-corrected chi connectivity index (χ2v) is 5.26. The molecular formula is C14H16BrN3O. The predicted octanol–water partition coefficient (Wildman–Crippen LogP) is 2.97. The van der Waals surface area contributed by atoms with Crippen molar-refractivity contribution in [3.8, 4) is 0 Å². The monoisotopic (exact) mass is 321 g/mol. The Morgan fingerprint density at radius 3 is 2.84 bits per heavy atom. The number of rotatable bonds is 5. The fourth-order valence-corrected chi connectivity index (χ4v) is 2.15. The van der Waals surface area contributed by atoms with Gasteiger partial charge in [0.2, 0.25) is 0 Å². The molecule has 1 atom stereocenters. The van der Waals surface area contributed by atoms with Gasteiger partial charge in [0.1, 0.15) is 10.3 Å². The van der Waals surface area contributed by atoms with Gasteiger partial charge in [-0.05, 0) is 41.3 Å². The van der Waals surface area contributed by atoms with Gasteiger partial charge >= 0.3 is 0 Å². The number of aromatic nitrogens is 2. The van der Waals surface area contributed by atoms with Crippen LogP contribution in [-0.2, 0) is 6.42 Å².